The average molecular weight is 398 g/mol. The third-order valence-electron chi connectivity index (χ3n) is 6.03. The molecule has 0 saturated carbocycles. The molecule has 2 saturated heterocycles. The van der Waals surface area contributed by atoms with Gasteiger partial charge in [-0.25, -0.2) is 0 Å². The highest BCUT2D eigenvalue weighted by molar-refractivity contribution is 5.81. The Balaban J connectivity index is 1.31. The molecule has 0 aliphatic carbocycles. The summed E-state index contributed by atoms with van der Waals surface area (Å²) in [7, 11) is 2.08. The van der Waals surface area contributed by atoms with Crippen LogP contribution in [0.2, 0.25) is 0 Å². The fraction of sp³-hybridized carbons (Fsp3) is 0.522. The van der Waals surface area contributed by atoms with Crippen LogP contribution in [0.5, 0.6) is 0 Å². The van der Waals surface area contributed by atoms with Crippen molar-refractivity contribution in [3.05, 3.63) is 59.5 Å². The van der Waals surface area contributed by atoms with Crippen LogP contribution in [0.3, 0.4) is 0 Å². The number of benzene rings is 1. The highest BCUT2D eigenvalue weighted by Crippen LogP contribution is 2.32. The number of ether oxygens (including phenoxy) is 1. The number of aryl methyl sites for hydroxylation is 1. The van der Waals surface area contributed by atoms with Crippen molar-refractivity contribution in [2.75, 3.05) is 33.2 Å². The van der Waals surface area contributed by atoms with E-state index in [1.165, 1.54) is 5.56 Å². The summed E-state index contributed by atoms with van der Waals surface area (Å²) in [4.78, 5) is 17.4. The lowest BCUT2D eigenvalue weighted by molar-refractivity contribution is -0.182. The number of furan rings is 1. The number of rotatable bonds is 5. The van der Waals surface area contributed by atoms with Gasteiger partial charge in [0.15, 0.2) is 0 Å². The first-order chi connectivity index (χ1) is 14.0. The van der Waals surface area contributed by atoms with Gasteiger partial charge in [-0.15, -0.1) is 0 Å². The molecule has 156 valence electrons. The summed E-state index contributed by atoms with van der Waals surface area (Å²) in [6, 6.07) is 12.2. The normalized spacial score (nSPS) is 22.6. The van der Waals surface area contributed by atoms with Gasteiger partial charge in [-0.1, -0.05) is 29.8 Å². The van der Waals surface area contributed by atoms with Crippen molar-refractivity contribution in [1.82, 2.24) is 15.1 Å². The Kier molecular flexibility index (Phi) is 6.04. The molecular weight excluding hydrogens is 366 g/mol. The van der Waals surface area contributed by atoms with Crippen LogP contribution in [-0.4, -0.2) is 60.6 Å². The Labute approximate surface area is 172 Å². The van der Waals surface area contributed by atoms with Gasteiger partial charge in [-0.05, 0) is 44.5 Å². The monoisotopic (exact) mass is 397 g/mol. The Morgan fingerprint density at radius 3 is 2.66 bits per heavy atom. The molecular formula is C23H31N3O3. The van der Waals surface area contributed by atoms with Crippen LogP contribution >= 0.6 is 0 Å². The molecule has 0 radical (unpaired) electrons. The van der Waals surface area contributed by atoms with E-state index in [9.17, 15) is 4.79 Å². The lowest BCUT2D eigenvalue weighted by atomic mass is 9.88. The molecule has 3 heterocycles. The third-order valence-corrected chi connectivity index (χ3v) is 6.03. The molecule has 2 aliphatic rings. The van der Waals surface area contributed by atoms with Crippen molar-refractivity contribution >= 4 is 5.91 Å². The summed E-state index contributed by atoms with van der Waals surface area (Å²) in [6.07, 6.45) is 3.16. The number of likely N-dealkylation sites (N-methyl/N-ethyl adjacent to an activating group) is 1. The lowest BCUT2D eigenvalue weighted by Gasteiger charge is -2.48. The summed E-state index contributed by atoms with van der Waals surface area (Å²) in [5.41, 5.74) is 2.09. The van der Waals surface area contributed by atoms with E-state index in [0.717, 1.165) is 50.3 Å². The highest BCUT2D eigenvalue weighted by Gasteiger charge is 2.44. The molecule has 6 nitrogen and oxygen atoms in total. The molecule has 1 atom stereocenters. The molecule has 0 bridgehead atoms. The molecule has 29 heavy (non-hydrogen) atoms. The van der Waals surface area contributed by atoms with E-state index in [0.29, 0.717) is 13.1 Å². The average Bonchev–Trinajstić information content (AvgIpc) is 3.22. The second-order valence-corrected chi connectivity index (χ2v) is 8.55. The van der Waals surface area contributed by atoms with E-state index in [-0.39, 0.29) is 11.5 Å². The first kappa shape index (κ1) is 20.1. The van der Waals surface area contributed by atoms with E-state index in [1.54, 1.807) is 6.26 Å². The predicted molar refractivity (Wildman–Crippen MR) is 111 cm³/mol. The Morgan fingerprint density at radius 1 is 1.21 bits per heavy atom. The number of amides is 1. The molecule has 1 N–H and O–H groups in total. The number of piperidine rings is 1. The van der Waals surface area contributed by atoms with Crippen LogP contribution in [0.4, 0.5) is 0 Å². The first-order valence-electron chi connectivity index (χ1n) is 10.5. The molecule has 1 aromatic heterocycles. The van der Waals surface area contributed by atoms with Crippen molar-refractivity contribution in [1.29, 1.82) is 0 Å². The summed E-state index contributed by atoms with van der Waals surface area (Å²) in [5, 5.41) is 3.06. The zero-order chi connectivity index (χ0) is 20.3. The van der Waals surface area contributed by atoms with Crippen LogP contribution in [0.15, 0.2) is 47.1 Å². The smallest absolute Gasteiger partial charge is 0.250 e. The standard InChI is InChI=1S/C23H31N3O3/c1-18-5-7-19(8-6-18)14-24-22(27)21-16-25(2)17-23(29-21)9-11-26(12-10-23)15-20-4-3-13-28-20/h3-8,13,21H,9-12,14-17H2,1-2H3,(H,24,27)/t21-/m0/s1. The minimum atomic E-state index is -0.421. The van der Waals surface area contributed by atoms with Gasteiger partial charge in [0.1, 0.15) is 11.9 Å². The number of likely N-dealkylation sites (tertiary alicyclic amines) is 1. The molecule has 2 aliphatic heterocycles. The second kappa shape index (κ2) is 8.69. The van der Waals surface area contributed by atoms with Gasteiger partial charge < -0.3 is 19.4 Å². The van der Waals surface area contributed by atoms with E-state index >= 15 is 0 Å². The van der Waals surface area contributed by atoms with Crippen LogP contribution in [0.25, 0.3) is 0 Å². The Morgan fingerprint density at radius 2 is 1.97 bits per heavy atom. The summed E-state index contributed by atoms with van der Waals surface area (Å²) >= 11 is 0. The van der Waals surface area contributed by atoms with Gasteiger partial charge in [0, 0.05) is 32.7 Å². The zero-order valence-electron chi connectivity index (χ0n) is 17.4. The molecule has 1 amide bonds. The Bertz CT molecular complexity index is 795. The number of carbonyl (C=O) groups is 1. The van der Waals surface area contributed by atoms with Crippen molar-refractivity contribution in [3.63, 3.8) is 0 Å². The largest absolute Gasteiger partial charge is 0.468 e. The van der Waals surface area contributed by atoms with Gasteiger partial charge in [0.25, 0.3) is 5.91 Å². The number of nitrogens with one attached hydrogen (secondary N) is 1. The second-order valence-electron chi connectivity index (χ2n) is 8.55. The Hall–Kier alpha value is -2.15. The maximum atomic E-state index is 12.8. The van der Waals surface area contributed by atoms with E-state index in [1.807, 2.05) is 12.1 Å². The maximum absolute atomic E-state index is 12.8. The van der Waals surface area contributed by atoms with Crippen molar-refractivity contribution < 1.29 is 13.9 Å². The first-order valence-corrected chi connectivity index (χ1v) is 10.5. The maximum Gasteiger partial charge on any atom is 0.250 e. The fourth-order valence-electron chi connectivity index (χ4n) is 4.38. The molecule has 6 heteroatoms. The summed E-state index contributed by atoms with van der Waals surface area (Å²) < 4.78 is 11.9. The molecule has 2 aromatic rings. The minimum Gasteiger partial charge on any atom is -0.468 e. The van der Waals surface area contributed by atoms with Gasteiger partial charge >= 0.3 is 0 Å². The highest BCUT2D eigenvalue weighted by atomic mass is 16.5. The number of nitrogens with zero attached hydrogens (tertiary/aromatic N) is 2. The van der Waals surface area contributed by atoms with Gasteiger partial charge in [-0.3, -0.25) is 9.69 Å². The SMILES string of the molecule is Cc1ccc(CNC(=O)[C@@H]2CN(C)CC3(CCN(Cc4ccco4)CC3)O2)cc1. The molecule has 1 spiro atoms. The molecule has 4 rings (SSSR count). The van der Waals surface area contributed by atoms with E-state index < -0.39 is 6.10 Å². The van der Waals surface area contributed by atoms with Crippen molar-refractivity contribution in [2.45, 2.75) is 44.6 Å². The van der Waals surface area contributed by atoms with Gasteiger partial charge in [0.05, 0.1) is 18.4 Å². The third kappa shape index (κ3) is 5.07. The zero-order valence-corrected chi connectivity index (χ0v) is 17.4. The van der Waals surface area contributed by atoms with E-state index in [2.05, 4.69) is 53.4 Å². The molecule has 0 unspecified atom stereocenters. The van der Waals surface area contributed by atoms with Crippen LogP contribution in [-0.2, 0) is 22.6 Å². The molecule has 1 aromatic carbocycles. The predicted octanol–water partition coefficient (Wildman–Crippen LogP) is 2.57. The van der Waals surface area contributed by atoms with Crippen LogP contribution in [0.1, 0.15) is 29.7 Å². The van der Waals surface area contributed by atoms with Gasteiger partial charge in [-0.2, -0.15) is 0 Å². The number of hydrogen-bond donors (Lipinski definition) is 1. The van der Waals surface area contributed by atoms with E-state index in [4.69, 9.17) is 9.15 Å². The van der Waals surface area contributed by atoms with Crippen LogP contribution < -0.4 is 5.32 Å². The van der Waals surface area contributed by atoms with Gasteiger partial charge in [0.2, 0.25) is 0 Å². The fourth-order valence-corrected chi connectivity index (χ4v) is 4.38. The number of hydrogen-bond acceptors (Lipinski definition) is 5. The van der Waals surface area contributed by atoms with Crippen molar-refractivity contribution in [3.8, 4) is 0 Å². The molecule has 2 fully saturated rings. The minimum absolute atomic E-state index is 0.0190. The lowest BCUT2D eigenvalue weighted by Crippen LogP contribution is -2.61. The number of morpholine rings is 1. The summed E-state index contributed by atoms with van der Waals surface area (Å²) in [6.45, 7) is 6.85. The van der Waals surface area contributed by atoms with Crippen LogP contribution in [0, 0.1) is 6.92 Å². The summed E-state index contributed by atoms with van der Waals surface area (Å²) in [5.74, 6) is 0.977. The topological polar surface area (TPSA) is 58.0 Å². The number of carbonyl (C=O) groups excluding carboxylic acids is 1. The quantitative estimate of drug-likeness (QED) is 0.840. The van der Waals surface area contributed by atoms with Crippen molar-refractivity contribution in [2.24, 2.45) is 0 Å².